The van der Waals surface area contributed by atoms with Gasteiger partial charge in [-0.1, -0.05) is 18.7 Å². The molecule has 19 heavy (non-hydrogen) atoms. The van der Waals surface area contributed by atoms with E-state index in [9.17, 15) is 9.59 Å². The smallest absolute Gasteiger partial charge is 0.335 e. The first kappa shape index (κ1) is 16.8. The zero-order chi connectivity index (χ0) is 15.0. The molecule has 1 rings (SSSR count). The summed E-state index contributed by atoms with van der Waals surface area (Å²) in [7, 11) is 0. The molecule has 1 aromatic heterocycles. The van der Waals surface area contributed by atoms with Crippen LogP contribution in [0.5, 0.6) is 0 Å². The lowest BCUT2D eigenvalue weighted by molar-refractivity contribution is -0.165. The molecule has 0 aliphatic heterocycles. The van der Waals surface area contributed by atoms with Crippen LogP contribution in [-0.4, -0.2) is 49.6 Å². The SMILES string of the molecule is C=Cc1ccc(C)nc1.O=C(O)[C@H](O)[C@@H](O)C(=O)O. The van der Waals surface area contributed by atoms with E-state index in [1.54, 1.807) is 6.08 Å². The molecule has 0 aliphatic rings. The van der Waals surface area contributed by atoms with Crippen molar-refractivity contribution in [2.24, 2.45) is 0 Å². The first-order valence-corrected chi connectivity index (χ1v) is 5.16. The first-order valence-electron chi connectivity index (χ1n) is 5.16. The Balaban J connectivity index is 0.000000342. The van der Waals surface area contributed by atoms with Gasteiger partial charge in [-0.15, -0.1) is 0 Å². The van der Waals surface area contributed by atoms with Gasteiger partial charge in [0.15, 0.2) is 12.2 Å². The number of aryl methyl sites for hydroxylation is 1. The minimum Gasteiger partial charge on any atom is -0.479 e. The largest absolute Gasteiger partial charge is 0.479 e. The molecular weight excluding hydrogens is 254 g/mol. The van der Waals surface area contributed by atoms with Crippen molar-refractivity contribution < 1.29 is 30.0 Å². The van der Waals surface area contributed by atoms with Crippen molar-refractivity contribution in [1.29, 1.82) is 0 Å². The molecule has 0 radical (unpaired) electrons. The second-order valence-electron chi connectivity index (χ2n) is 3.50. The minimum atomic E-state index is -2.27. The summed E-state index contributed by atoms with van der Waals surface area (Å²) in [6.07, 6.45) is -0.940. The normalized spacial score (nSPS) is 12.6. The fraction of sp³-hybridized carbons (Fsp3) is 0.250. The number of carboxylic acids is 2. The van der Waals surface area contributed by atoms with E-state index in [2.05, 4.69) is 11.6 Å². The Morgan fingerprint density at radius 3 is 1.95 bits per heavy atom. The van der Waals surface area contributed by atoms with Crippen LogP contribution in [0.1, 0.15) is 11.3 Å². The number of aliphatic carboxylic acids is 2. The van der Waals surface area contributed by atoms with Crippen LogP contribution in [0, 0.1) is 6.92 Å². The Hall–Kier alpha value is -2.25. The molecule has 0 bridgehead atoms. The highest BCUT2D eigenvalue weighted by Gasteiger charge is 2.29. The second kappa shape index (κ2) is 7.96. The van der Waals surface area contributed by atoms with Gasteiger partial charge in [0, 0.05) is 11.9 Å². The average Bonchev–Trinajstić information content (AvgIpc) is 2.38. The molecule has 0 aromatic carbocycles. The molecule has 7 nitrogen and oxygen atoms in total. The summed E-state index contributed by atoms with van der Waals surface area (Å²) >= 11 is 0. The van der Waals surface area contributed by atoms with E-state index in [-0.39, 0.29) is 0 Å². The molecule has 4 N–H and O–H groups in total. The Morgan fingerprint density at radius 2 is 1.68 bits per heavy atom. The predicted molar refractivity (Wildman–Crippen MR) is 66.4 cm³/mol. The Labute approximate surface area is 109 Å². The molecule has 0 amide bonds. The van der Waals surface area contributed by atoms with Crippen molar-refractivity contribution in [3.8, 4) is 0 Å². The Morgan fingerprint density at radius 1 is 1.21 bits per heavy atom. The van der Waals surface area contributed by atoms with Gasteiger partial charge in [-0.25, -0.2) is 9.59 Å². The van der Waals surface area contributed by atoms with Gasteiger partial charge in [0.05, 0.1) is 0 Å². The summed E-state index contributed by atoms with van der Waals surface area (Å²) in [6, 6.07) is 3.96. The van der Waals surface area contributed by atoms with Gasteiger partial charge in [-0.3, -0.25) is 4.98 Å². The third-order valence-electron chi connectivity index (χ3n) is 1.98. The number of rotatable bonds is 4. The third kappa shape index (κ3) is 6.29. The van der Waals surface area contributed by atoms with E-state index in [1.807, 2.05) is 25.3 Å². The fourth-order valence-corrected chi connectivity index (χ4v) is 0.870. The van der Waals surface area contributed by atoms with Crippen LogP contribution < -0.4 is 0 Å². The van der Waals surface area contributed by atoms with Gasteiger partial charge in [0.25, 0.3) is 0 Å². The zero-order valence-corrected chi connectivity index (χ0v) is 10.2. The lowest BCUT2D eigenvalue weighted by Crippen LogP contribution is -2.39. The van der Waals surface area contributed by atoms with Gasteiger partial charge in [0.2, 0.25) is 0 Å². The molecule has 0 spiro atoms. The van der Waals surface area contributed by atoms with Crippen molar-refractivity contribution in [2.75, 3.05) is 0 Å². The number of hydrogen-bond acceptors (Lipinski definition) is 5. The molecule has 0 aliphatic carbocycles. The molecule has 0 saturated carbocycles. The van der Waals surface area contributed by atoms with Gasteiger partial charge in [-0.05, 0) is 18.6 Å². The summed E-state index contributed by atoms with van der Waals surface area (Å²) in [5.41, 5.74) is 2.11. The molecule has 0 unspecified atom stereocenters. The highest BCUT2D eigenvalue weighted by atomic mass is 16.4. The number of aliphatic hydroxyl groups is 2. The zero-order valence-electron chi connectivity index (χ0n) is 10.2. The summed E-state index contributed by atoms with van der Waals surface area (Å²) in [5, 5.41) is 32.5. The van der Waals surface area contributed by atoms with Crippen LogP contribution in [0.3, 0.4) is 0 Å². The molecule has 104 valence electrons. The quantitative estimate of drug-likeness (QED) is 0.601. The average molecular weight is 269 g/mol. The maximum Gasteiger partial charge on any atom is 0.335 e. The number of carbonyl (C=O) groups is 2. The monoisotopic (exact) mass is 269 g/mol. The summed E-state index contributed by atoms with van der Waals surface area (Å²) < 4.78 is 0. The first-order chi connectivity index (χ1) is 8.79. The van der Waals surface area contributed by atoms with Crippen molar-refractivity contribution in [3.63, 3.8) is 0 Å². The van der Waals surface area contributed by atoms with E-state index >= 15 is 0 Å². The molecule has 0 fully saturated rings. The van der Waals surface area contributed by atoms with Crippen molar-refractivity contribution in [3.05, 3.63) is 36.2 Å². The summed E-state index contributed by atoms with van der Waals surface area (Å²) in [6.45, 7) is 5.59. The summed E-state index contributed by atoms with van der Waals surface area (Å²) in [5.74, 6) is -3.54. The number of aliphatic hydroxyl groups excluding tert-OH is 2. The predicted octanol–water partition coefficient (Wildman–Crippen LogP) is -0.0896. The minimum absolute atomic E-state index is 1.04. The molecule has 1 aromatic rings. The van der Waals surface area contributed by atoms with Crippen LogP contribution in [-0.2, 0) is 9.59 Å². The van der Waals surface area contributed by atoms with Gasteiger partial charge in [0.1, 0.15) is 0 Å². The highest BCUT2D eigenvalue weighted by Crippen LogP contribution is 1.98. The molecule has 2 atom stereocenters. The maximum absolute atomic E-state index is 9.77. The van der Waals surface area contributed by atoms with E-state index in [4.69, 9.17) is 20.4 Å². The number of aromatic nitrogens is 1. The number of hydrogen-bond donors (Lipinski definition) is 4. The highest BCUT2D eigenvalue weighted by molar-refractivity contribution is 5.83. The fourth-order valence-electron chi connectivity index (χ4n) is 0.870. The van der Waals surface area contributed by atoms with Crippen LogP contribution in [0.4, 0.5) is 0 Å². The molecule has 0 saturated heterocycles. The topological polar surface area (TPSA) is 128 Å². The second-order valence-corrected chi connectivity index (χ2v) is 3.50. The van der Waals surface area contributed by atoms with E-state index < -0.39 is 24.1 Å². The Bertz CT molecular complexity index is 424. The molecular formula is C12H15NO6. The number of nitrogens with zero attached hydrogens (tertiary/aromatic N) is 1. The number of carboxylic acid groups (broad SMARTS) is 2. The standard InChI is InChI=1S/C8H9N.C4H6O6/c1-3-8-5-4-7(2)9-6-8;5-1(3(7)8)2(6)4(9)10/h3-6H,1H2,2H3;1-2,5-6H,(H,7,8)(H,9,10)/t;1-,2-/m.1/s1. The van der Waals surface area contributed by atoms with E-state index in [1.165, 1.54) is 0 Å². The van der Waals surface area contributed by atoms with Crippen LogP contribution in [0.2, 0.25) is 0 Å². The van der Waals surface area contributed by atoms with Gasteiger partial charge < -0.3 is 20.4 Å². The van der Waals surface area contributed by atoms with Crippen LogP contribution >= 0.6 is 0 Å². The molecule has 7 heteroatoms. The van der Waals surface area contributed by atoms with Crippen molar-refractivity contribution >= 4 is 18.0 Å². The van der Waals surface area contributed by atoms with Crippen LogP contribution in [0.25, 0.3) is 6.08 Å². The van der Waals surface area contributed by atoms with Crippen LogP contribution in [0.15, 0.2) is 24.9 Å². The maximum atomic E-state index is 9.77. The Kier molecular flexibility index (Phi) is 7.02. The van der Waals surface area contributed by atoms with E-state index in [0.717, 1.165) is 11.3 Å². The lowest BCUT2D eigenvalue weighted by Gasteiger charge is -2.07. The molecule has 1 heterocycles. The van der Waals surface area contributed by atoms with Gasteiger partial charge in [-0.2, -0.15) is 0 Å². The van der Waals surface area contributed by atoms with Crippen molar-refractivity contribution in [1.82, 2.24) is 4.98 Å². The summed E-state index contributed by atoms with van der Waals surface area (Å²) in [4.78, 5) is 23.6. The van der Waals surface area contributed by atoms with Crippen molar-refractivity contribution in [2.45, 2.75) is 19.1 Å². The van der Waals surface area contributed by atoms with Gasteiger partial charge >= 0.3 is 11.9 Å². The number of pyridine rings is 1. The third-order valence-corrected chi connectivity index (χ3v) is 1.98. The lowest BCUT2D eigenvalue weighted by atomic mass is 10.2. The van der Waals surface area contributed by atoms with E-state index in [0.29, 0.717) is 0 Å².